The third-order valence-corrected chi connectivity index (χ3v) is 4.03. The first-order valence-electron chi connectivity index (χ1n) is 8.30. The van der Waals surface area contributed by atoms with E-state index in [0.29, 0.717) is 24.8 Å². The summed E-state index contributed by atoms with van der Waals surface area (Å²) in [6, 6.07) is 4.74. The zero-order valence-electron chi connectivity index (χ0n) is 14.4. The number of carbonyl (C=O) groups is 1. The Kier molecular flexibility index (Phi) is 5.06. The van der Waals surface area contributed by atoms with Gasteiger partial charge < -0.3 is 9.64 Å². The average Bonchev–Trinajstić information content (AvgIpc) is 2.56. The lowest BCUT2D eigenvalue weighted by atomic mass is 10.1. The largest absolute Gasteiger partial charge is 0.472 e. The fourth-order valence-corrected chi connectivity index (χ4v) is 2.91. The molecule has 1 aliphatic heterocycles. The molecule has 0 aliphatic carbocycles. The maximum atomic E-state index is 12.5. The van der Waals surface area contributed by atoms with Crippen LogP contribution in [0.5, 0.6) is 5.88 Å². The molecule has 2 aromatic rings. The molecule has 0 aromatic carbocycles. The summed E-state index contributed by atoms with van der Waals surface area (Å²) in [5, 5.41) is 3.93. The van der Waals surface area contributed by atoms with Crippen LogP contribution in [0.1, 0.15) is 24.4 Å². The van der Waals surface area contributed by atoms with Gasteiger partial charge in [-0.2, -0.15) is 10.1 Å². The van der Waals surface area contributed by atoms with Crippen molar-refractivity contribution in [1.29, 1.82) is 0 Å². The maximum absolute atomic E-state index is 12.5. The fraction of sp³-hybridized carbons (Fsp3) is 0.471. The lowest BCUT2D eigenvalue weighted by Crippen LogP contribution is -2.46. The minimum Gasteiger partial charge on any atom is -0.472 e. The van der Waals surface area contributed by atoms with Crippen LogP contribution >= 0.6 is 0 Å². The number of nitrogens with zero attached hydrogens (tertiary/aromatic N) is 5. The van der Waals surface area contributed by atoms with Gasteiger partial charge in [-0.3, -0.25) is 9.59 Å². The molecule has 0 radical (unpaired) electrons. The monoisotopic (exact) mass is 343 g/mol. The van der Waals surface area contributed by atoms with E-state index in [2.05, 4.69) is 15.1 Å². The Balaban J connectivity index is 1.63. The van der Waals surface area contributed by atoms with E-state index >= 15 is 0 Å². The van der Waals surface area contributed by atoms with Crippen molar-refractivity contribution < 1.29 is 9.53 Å². The third-order valence-electron chi connectivity index (χ3n) is 4.03. The normalized spacial score (nSPS) is 17.4. The second-order valence-electron chi connectivity index (χ2n) is 6.14. The molecule has 3 rings (SSSR count). The van der Waals surface area contributed by atoms with Gasteiger partial charge in [-0.1, -0.05) is 0 Å². The molecule has 25 heavy (non-hydrogen) atoms. The summed E-state index contributed by atoms with van der Waals surface area (Å²) in [4.78, 5) is 34.4. The van der Waals surface area contributed by atoms with E-state index in [1.54, 1.807) is 17.0 Å². The molecular formula is C17H21N5O3. The number of rotatable bonds is 4. The molecule has 8 nitrogen and oxygen atoms in total. The molecule has 1 saturated heterocycles. The topological polar surface area (TPSA) is 90.2 Å². The summed E-state index contributed by atoms with van der Waals surface area (Å²) in [6.45, 7) is 4.78. The van der Waals surface area contributed by atoms with Gasteiger partial charge >= 0.3 is 0 Å². The highest BCUT2D eigenvalue weighted by atomic mass is 16.5. The first-order chi connectivity index (χ1) is 12.0. The number of ether oxygens (including phenoxy) is 1. The van der Waals surface area contributed by atoms with Crippen LogP contribution in [0.3, 0.4) is 0 Å². The van der Waals surface area contributed by atoms with Gasteiger partial charge in [0, 0.05) is 30.6 Å². The number of aryl methyl sites for hydroxylation is 2. The Labute approximate surface area is 145 Å². The molecule has 1 aliphatic rings. The van der Waals surface area contributed by atoms with Crippen molar-refractivity contribution in [3.63, 3.8) is 0 Å². The van der Waals surface area contributed by atoms with E-state index in [0.717, 1.165) is 18.5 Å². The van der Waals surface area contributed by atoms with Gasteiger partial charge in [0.2, 0.25) is 11.8 Å². The lowest BCUT2D eigenvalue weighted by Gasteiger charge is -2.32. The minimum atomic E-state index is -0.285. The molecule has 1 unspecified atom stereocenters. The number of carbonyl (C=O) groups excluding carboxylic acids is 1. The molecule has 0 saturated carbocycles. The average molecular weight is 343 g/mol. The van der Waals surface area contributed by atoms with Crippen LogP contribution in [0, 0.1) is 13.8 Å². The Morgan fingerprint density at radius 3 is 2.96 bits per heavy atom. The number of amides is 1. The molecule has 0 N–H and O–H groups in total. The van der Waals surface area contributed by atoms with Crippen molar-refractivity contribution in [2.75, 3.05) is 13.1 Å². The van der Waals surface area contributed by atoms with Gasteiger partial charge in [0.05, 0.1) is 6.54 Å². The summed E-state index contributed by atoms with van der Waals surface area (Å²) in [7, 11) is 0. The summed E-state index contributed by atoms with van der Waals surface area (Å²) >= 11 is 0. The molecule has 0 bridgehead atoms. The molecule has 1 fully saturated rings. The minimum absolute atomic E-state index is 0.0574. The van der Waals surface area contributed by atoms with Crippen molar-refractivity contribution in [3.05, 3.63) is 46.3 Å². The van der Waals surface area contributed by atoms with Crippen molar-refractivity contribution in [3.8, 4) is 5.88 Å². The summed E-state index contributed by atoms with van der Waals surface area (Å²) in [5.74, 6) is 1.06. The summed E-state index contributed by atoms with van der Waals surface area (Å²) in [6.07, 6.45) is 3.08. The van der Waals surface area contributed by atoms with Gasteiger partial charge in [0.15, 0.2) is 0 Å². The van der Waals surface area contributed by atoms with Crippen LogP contribution in [0.2, 0.25) is 0 Å². The zero-order chi connectivity index (χ0) is 17.8. The van der Waals surface area contributed by atoms with E-state index in [9.17, 15) is 9.59 Å². The first-order valence-corrected chi connectivity index (χ1v) is 8.30. The maximum Gasteiger partial charge on any atom is 0.267 e. The standard InChI is InChI=1S/C17H21N5O3/c1-12-9-15(20-13(2)19-12)25-14-5-4-8-21(10-14)17(24)11-22-16(23)6-3-7-18-22/h3,6-7,9,14H,4-5,8,10-11H2,1-2H3. The number of likely N-dealkylation sites (tertiary alicyclic amines) is 1. The van der Waals surface area contributed by atoms with Gasteiger partial charge in [0.1, 0.15) is 18.5 Å². The Morgan fingerprint density at radius 2 is 2.20 bits per heavy atom. The summed E-state index contributed by atoms with van der Waals surface area (Å²) in [5.41, 5.74) is 0.563. The van der Waals surface area contributed by atoms with Crippen molar-refractivity contribution in [2.45, 2.75) is 39.3 Å². The molecule has 8 heteroatoms. The highest BCUT2D eigenvalue weighted by molar-refractivity contribution is 5.76. The van der Waals surface area contributed by atoms with Crippen LogP contribution < -0.4 is 10.3 Å². The molecule has 132 valence electrons. The highest BCUT2D eigenvalue weighted by Gasteiger charge is 2.25. The van der Waals surface area contributed by atoms with Crippen LogP contribution in [-0.4, -0.2) is 49.7 Å². The highest BCUT2D eigenvalue weighted by Crippen LogP contribution is 2.18. The molecule has 3 heterocycles. The Morgan fingerprint density at radius 1 is 1.36 bits per heavy atom. The predicted molar refractivity (Wildman–Crippen MR) is 90.2 cm³/mol. The number of hydrogen-bond acceptors (Lipinski definition) is 6. The zero-order valence-corrected chi connectivity index (χ0v) is 14.4. The Bertz CT molecular complexity index is 800. The predicted octanol–water partition coefficient (Wildman–Crippen LogP) is 0.720. The van der Waals surface area contributed by atoms with Crippen molar-refractivity contribution in [1.82, 2.24) is 24.6 Å². The van der Waals surface area contributed by atoms with Crippen molar-refractivity contribution in [2.24, 2.45) is 0 Å². The molecule has 0 spiro atoms. The molecular weight excluding hydrogens is 322 g/mol. The SMILES string of the molecule is Cc1cc(OC2CCCN(C(=O)Cn3ncccc3=O)C2)nc(C)n1. The van der Waals surface area contributed by atoms with Crippen LogP contribution in [0.15, 0.2) is 29.2 Å². The number of aromatic nitrogens is 4. The van der Waals surface area contributed by atoms with Crippen LogP contribution in [0.4, 0.5) is 0 Å². The third kappa shape index (κ3) is 4.40. The van der Waals surface area contributed by atoms with Crippen LogP contribution in [0.25, 0.3) is 0 Å². The second kappa shape index (κ2) is 7.42. The van der Waals surface area contributed by atoms with E-state index in [1.807, 2.05) is 13.8 Å². The molecule has 1 amide bonds. The fourth-order valence-electron chi connectivity index (χ4n) is 2.91. The number of hydrogen-bond donors (Lipinski definition) is 0. The van der Waals surface area contributed by atoms with Gasteiger partial charge in [0.25, 0.3) is 5.56 Å². The first kappa shape index (κ1) is 17.1. The Hall–Kier alpha value is -2.77. The van der Waals surface area contributed by atoms with E-state index in [-0.39, 0.29) is 24.1 Å². The smallest absolute Gasteiger partial charge is 0.267 e. The quantitative estimate of drug-likeness (QED) is 0.812. The van der Waals surface area contributed by atoms with Gasteiger partial charge in [-0.15, -0.1) is 0 Å². The van der Waals surface area contributed by atoms with E-state index in [4.69, 9.17) is 4.74 Å². The second-order valence-corrected chi connectivity index (χ2v) is 6.14. The van der Waals surface area contributed by atoms with Gasteiger partial charge in [-0.25, -0.2) is 9.67 Å². The van der Waals surface area contributed by atoms with E-state index in [1.165, 1.54) is 16.9 Å². The van der Waals surface area contributed by atoms with Crippen molar-refractivity contribution >= 4 is 5.91 Å². The lowest BCUT2D eigenvalue weighted by molar-refractivity contribution is -0.134. The number of piperidine rings is 1. The summed E-state index contributed by atoms with van der Waals surface area (Å²) < 4.78 is 7.11. The molecule has 2 aromatic heterocycles. The molecule has 1 atom stereocenters. The van der Waals surface area contributed by atoms with Gasteiger partial charge in [-0.05, 0) is 32.8 Å². The van der Waals surface area contributed by atoms with Crippen LogP contribution in [-0.2, 0) is 11.3 Å². The van der Waals surface area contributed by atoms with E-state index < -0.39 is 0 Å².